The molecule has 0 bridgehead atoms. The lowest BCUT2D eigenvalue weighted by molar-refractivity contribution is -0.150. The first-order valence-corrected chi connectivity index (χ1v) is 12.5. The maximum Gasteiger partial charge on any atom is 0.228 e. The van der Waals surface area contributed by atoms with Crippen molar-refractivity contribution in [3.63, 3.8) is 0 Å². The van der Waals surface area contributed by atoms with E-state index < -0.39 is 23.4 Å². The Balaban J connectivity index is 2.13. The maximum atomic E-state index is 10.8. The molecular weight excluding hydrogens is 470 g/mol. The molecule has 200 valence electrons. The van der Waals surface area contributed by atoms with E-state index in [0.717, 1.165) is 16.7 Å². The van der Waals surface area contributed by atoms with Gasteiger partial charge in [-0.2, -0.15) is 10.4 Å². The number of aromatic nitrogens is 3. The average molecular weight is 510 g/mol. The quantitative estimate of drug-likeness (QED) is 0.347. The Morgan fingerprint density at radius 3 is 2.38 bits per heavy atom. The van der Waals surface area contributed by atoms with Crippen LogP contribution in [0, 0.1) is 11.3 Å². The monoisotopic (exact) mass is 509 g/mol. The van der Waals surface area contributed by atoms with Crippen LogP contribution in [0.4, 0.5) is 5.82 Å². The SMILES string of the molecule is CC(C)=CCOC[C@H]1O[C@@](C#N)(c2ccc3c(N)ncnn23)[C@](C)(OCC=C(C)C)[C@@H]1OCC=C(C)C. The molecule has 3 rings (SSSR count). The zero-order chi connectivity index (χ0) is 27.2. The molecule has 1 aliphatic rings. The molecule has 0 aromatic carbocycles. The van der Waals surface area contributed by atoms with Crippen LogP contribution in [0.1, 0.15) is 54.2 Å². The number of nitriles is 1. The maximum absolute atomic E-state index is 10.8. The minimum Gasteiger partial charge on any atom is -0.382 e. The Hall–Kier alpha value is -3.03. The Morgan fingerprint density at radius 1 is 1.08 bits per heavy atom. The molecule has 2 N–H and O–H groups in total. The first kappa shape index (κ1) is 28.5. The van der Waals surface area contributed by atoms with Gasteiger partial charge in [0.1, 0.15) is 35.7 Å². The molecule has 0 amide bonds. The molecule has 1 fully saturated rings. The molecule has 0 saturated carbocycles. The van der Waals surface area contributed by atoms with Gasteiger partial charge in [0, 0.05) is 0 Å². The molecule has 3 heterocycles. The van der Waals surface area contributed by atoms with E-state index in [1.165, 1.54) is 6.33 Å². The summed E-state index contributed by atoms with van der Waals surface area (Å²) in [6.07, 6.45) is 6.11. The predicted molar refractivity (Wildman–Crippen MR) is 143 cm³/mol. The van der Waals surface area contributed by atoms with Crippen molar-refractivity contribution in [3.8, 4) is 6.07 Å². The van der Waals surface area contributed by atoms with Crippen LogP contribution >= 0.6 is 0 Å². The molecule has 37 heavy (non-hydrogen) atoms. The van der Waals surface area contributed by atoms with Crippen molar-refractivity contribution < 1.29 is 18.9 Å². The number of ether oxygens (including phenoxy) is 4. The van der Waals surface area contributed by atoms with Crippen LogP contribution in [0.15, 0.2) is 53.4 Å². The molecule has 1 aliphatic heterocycles. The van der Waals surface area contributed by atoms with Gasteiger partial charge in [0.05, 0.1) is 32.1 Å². The summed E-state index contributed by atoms with van der Waals surface area (Å²) in [6.45, 7) is 15.2. The Morgan fingerprint density at radius 2 is 1.73 bits per heavy atom. The second-order valence-corrected chi connectivity index (χ2v) is 10.2. The van der Waals surface area contributed by atoms with Crippen LogP contribution < -0.4 is 5.73 Å². The summed E-state index contributed by atoms with van der Waals surface area (Å²) in [4.78, 5) is 4.08. The van der Waals surface area contributed by atoms with Crippen molar-refractivity contribution in [2.24, 2.45) is 0 Å². The number of hydrogen-bond donors (Lipinski definition) is 1. The summed E-state index contributed by atoms with van der Waals surface area (Å²) < 4.78 is 27.1. The molecular formula is C28H39N5O4. The fraction of sp³-hybridized carbons (Fsp3) is 0.536. The van der Waals surface area contributed by atoms with Crippen molar-refractivity contribution in [2.45, 2.75) is 71.9 Å². The van der Waals surface area contributed by atoms with Gasteiger partial charge in [-0.05, 0) is 60.6 Å². The third-order valence-electron chi connectivity index (χ3n) is 6.44. The van der Waals surface area contributed by atoms with E-state index in [2.05, 4.69) is 16.2 Å². The minimum atomic E-state index is -1.57. The number of nitrogens with zero attached hydrogens (tertiary/aromatic N) is 4. The fourth-order valence-corrected chi connectivity index (χ4v) is 4.37. The summed E-state index contributed by atoms with van der Waals surface area (Å²) in [5.41, 5.74) is 7.74. The van der Waals surface area contributed by atoms with E-state index in [1.54, 1.807) is 16.6 Å². The normalized spacial score (nSPS) is 25.0. The third kappa shape index (κ3) is 5.94. The minimum absolute atomic E-state index is 0.217. The van der Waals surface area contributed by atoms with E-state index in [1.807, 2.05) is 66.7 Å². The smallest absolute Gasteiger partial charge is 0.228 e. The second kappa shape index (κ2) is 12.0. The number of nitrogens with two attached hydrogens (primary N) is 1. The van der Waals surface area contributed by atoms with Crippen molar-refractivity contribution in [2.75, 3.05) is 32.2 Å². The van der Waals surface area contributed by atoms with Gasteiger partial charge >= 0.3 is 0 Å². The Labute approximate surface area is 219 Å². The summed E-state index contributed by atoms with van der Waals surface area (Å²) in [7, 11) is 0. The van der Waals surface area contributed by atoms with Crippen LogP contribution in [-0.2, 0) is 24.5 Å². The topological polar surface area (TPSA) is 117 Å². The van der Waals surface area contributed by atoms with Gasteiger partial charge in [-0.25, -0.2) is 9.50 Å². The van der Waals surface area contributed by atoms with Gasteiger partial charge in [0.15, 0.2) is 5.82 Å². The first-order valence-electron chi connectivity index (χ1n) is 12.5. The van der Waals surface area contributed by atoms with Gasteiger partial charge < -0.3 is 24.7 Å². The number of hydrogen-bond acceptors (Lipinski definition) is 8. The summed E-state index contributed by atoms with van der Waals surface area (Å²) >= 11 is 0. The summed E-state index contributed by atoms with van der Waals surface area (Å²) in [5.74, 6) is 0.303. The van der Waals surface area contributed by atoms with Crippen LogP contribution in [0.3, 0.4) is 0 Å². The molecule has 9 heteroatoms. The number of allylic oxidation sites excluding steroid dienone is 3. The Bertz CT molecular complexity index is 1210. The molecule has 0 unspecified atom stereocenters. The van der Waals surface area contributed by atoms with Crippen LogP contribution in [0.5, 0.6) is 0 Å². The summed E-state index contributed by atoms with van der Waals surface area (Å²) in [5, 5.41) is 15.2. The lowest BCUT2D eigenvalue weighted by Gasteiger charge is -2.39. The lowest BCUT2D eigenvalue weighted by atomic mass is 9.79. The molecule has 2 aromatic rings. The highest BCUT2D eigenvalue weighted by atomic mass is 16.6. The van der Waals surface area contributed by atoms with E-state index in [9.17, 15) is 5.26 Å². The molecule has 0 radical (unpaired) electrons. The third-order valence-corrected chi connectivity index (χ3v) is 6.44. The van der Waals surface area contributed by atoms with Crippen molar-refractivity contribution >= 4 is 11.3 Å². The number of nitrogen functional groups attached to an aromatic ring is 1. The van der Waals surface area contributed by atoms with Gasteiger partial charge in [0.2, 0.25) is 5.60 Å². The van der Waals surface area contributed by atoms with E-state index in [0.29, 0.717) is 30.2 Å². The average Bonchev–Trinajstić information content (AvgIpc) is 3.36. The number of rotatable bonds is 11. The lowest BCUT2D eigenvalue weighted by Crippen LogP contribution is -2.55. The highest BCUT2D eigenvalue weighted by Gasteiger charge is 2.67. The van der Waals surface area contributed by atoms with E-state index in [-0.39, 0.29) is 13.2 Å². The number of anilines is 1. The largest absolute Gasteiger partial charge is 0.382 e. The van der Waals surface area contributed by atoms with Crippen molar-refractivity contribution in [1.29, 1.82) is 5.26 Å². The molecule has 9 nitrogen and oxygen atoms in total. The van der Waals surface area contributed by atoms with Gasteiger partial charge in [-0.1, -0.05) is 34.9 Å². The van der Waals surface area contributed by atoms with Gasteiger partial charge in [0.25, 0.3) is 0 Å². The summed E-state index contributed by atoms with van der Waals surface area (Å²) in [6, 6.07) is 6.00. The first-order chi connectivity index (χ1) is 17.6. The molecule has 2 aromatic heterocycles. The van der Waals surface area contributed by atoms with Gasteiger partial charge in [-0.15, -0.1) is 0 Å². The predicted octanol–water partition coefficient (Wildman–Crippen LogP) is 4.50. The van der Waals surface area contributed by atoms with Crippen LogP contribution in [0.25, 0.3) is 5.52 Å². The Kier molecular flexibility index (Phi) is 9.26. The van der Waals surface area contributed by atoms with Crippen LogP contribution in [-0.4, -0.2) is 58.8 Å². The standard InChI is InChI=1S/C28H39N5O4/c1-19(2)10-13-34-16-23-25(35-14-11-20(3)4)27(7,36-15-12-21(5)6)28(17-29,37-23)24-9-8-22-26(30)31-18-32-33(22)24/h8-12,18,23,25H,13-16H2,1-7H3,(H2,30,31,32)/t23-,25-,27-,28+/m1/s1. The molecule has 4 atom stereocenters. The zero-order valence-electron chi connectivity index (χ0n) is 22.9. The van der Waals surface area contributed by atoms with Crippen LogP contribution in [0.2, 0.25) is 0 Å². The van der Waals surface area contributed by atoms with Crippen molar-refractivity contribution in [3.05, 3.63) is 59.1 Å². The molecule has 0 aliphatic carbocycles. The second-order valence-electron chi connectivity index (χ2n) is 10.2. The van der Waals surface area contributed by atoms with E-state index in [4.69, 9.17) is 24.7 Å². The fourth-order valence-electron chi connectivity index (χ4n) is 4.37. The zero-order valence-corrected chi connectivity index (χ0v) is 22.9. The van der Waals surface area contributed by atoms with E-state index >= 15 is 0 Å². The molecule has 0 spiro atoms. The van der Waals surface area contributed by atoms with Gasteiger partial charge in [-0.3, -0.25) is 0 Å². The highest BCUT2D eigenvalue weighted by molar-refractivity contribution is 5.66. The number of fused-ring (bicyclic) bond motifs is 1. The highest BCUT2D eigenvalue weighted by Crippen LogP contribution is 2.50. The molecule has 1 saturated heterocycles. The van der Waals surface area contributed by atoms with Crippen molar-refractivity contribution in [1.82, 2.24) is 14.6 Å².